The number of benzene rings is 2. The van der Waals surface area contributed by atoms with Gasteiger partial charge in [0.1, 0.15) is 17.6 Å². The van der Waals surface area contributed by atoms with E-state index >= 15 is 0 Å². The predicted octanol–water partition coefficient (Wildman–Crippen LogP) is 2.54. The van der Waals surface area contributed by atoms with Crippen LogP contribution in [0.5, 0.6) is 5.75 Å². The summed E-state index contributed by atoms with van der Waals surface area (Å²) in [5, 5.41) is 11.1. The lowest BCUT2D eigenvalue weighted by molar-refractivity contribution is 0.407. The molecule has 0 unspecified atom stereocenters. The number of fused-ring (bicyclic) bond motifs is 1. The van der Waals surface area contributed by atoms with Gasteiger partial charge in [0.15, 0.2) is 5.58 Å². The van der Waals surface area contributed by atoms with Crippen LogP contribution in [-0.2, 0) is 6.54 Å². The highest BCUT2D eigenvalue weighted by atomic mass is 16.5. The Labute approximate surface area is 131 Å². The number of aromatic nitrogens is 5. The first kappa shape index (κ1) is 13.4. The largest absolute Gasteiger partial charge is 0.496 e. The second kappa shape index (κ2) is 5.53. The molecular weight excluding hydrogens is 294 g/mol. The minimum atomic E-state index is 0.532. The first-order valence-corrected chi connectivity index (χ1v) is 7.07. The average Bonchev–Trinajstić information content (AvgIpc) is 3.24. The fourth-order valence-electron chi connectivity index (χ4n) is 2.43. The van der Waals surface area contributed by atoms with E-state index in [9.17, 15) is 0 Å². The molecule has 0 saturated heterocycles. The number of hydrogen-bond acceptors (Lipinski definition) is 6. The van der Waals surface area contributed by atoms with Crippen molar-refractivity contribution in [1.29, 1.82) is 0 Å². The molecule has 0 spiro atoms. The van der Waals surface area contributed by atoms with E-state index < -0.39 is 0 Å². The second-order valence-corrected chi connectivity index (χ2v) is 5.02. The first-order valence-electron chi connectivity index (χ1n) is 7.07. The quantitative estimate of drug-likeness (QED) is 0.576. The minimum Gasteiger partial charge on any atom is -0.496 e. The molecule has 0 aliphatic rings. The van der Waals surface area contributed by atoms with E-state index in [4.69, 9.17) is 9.15 Å². The zero-order valence-corrected chi connectivity index (χ0v) is 12.4. The lowest BCUT2D eigenvalue weighted by atomic mass is 10.1. The molecule has 0 radical (unpaired) electrons. The molecule has 0 N–H and O–H groups in total. The van der Waals surface area contributed by atoms with Gasteiger partial charge in [-0.15, -0.1) is 5.10 Å². The number of nitrogens with zero attached hydrogens (tertiary/aromatic N) is 5. The van der Waals surface area contributed by atoms with E-state index in [0.29, 0.717) is 12.4 Å². The number of oxazole rings is 1. The third kappa shape index (κ3) is 2.52. The predicted molar refractivity (Wildman–Crippen MR) is 82.9 cm³/mol. The first-order chi connectivity index (χ1) is 11.3. The Bertz CT molecular complexity index is 913. The summed E-state index contributed by atoms with van der Waals surface area (Å²) >= 11 is 0. The maximum atomic E-state index is 5.80. The molecule has 0 fully saturated rings. The molecule has 0 amide bonds. The molecule has 2 aromatic carbocycles. The smallest absolute Gasteiger partial charge is 0.227 e. The summed E-state index contributed by atoms with van der Waals surface area (Å²) in [6.45, 7) is 0.532. The Kier molecular flexibility index (Phi) is 3.23. The van der Waals surface area contributed by atoms with Gasteiger partial charge < -0.3 is 9.15 Å². The molecule has 0 saturated carbocycles. The molecule has 0 aliphatic carbocycles. The lowest BCUT2D eigenvalue weighted by Crippen LogP contribution is -2.02. The molecule has 7 nitrogen and oxygen atoms in total. The molecule has 23 heavy (non-hydrogen) atoms. The van der Waals surface area contributed by atoms with Crippen LogP contribution in [-0.4, -0.2) is 32.3 Å². The maximum Gasteiger partial charge on any atom is 0.227 e. The van der Waals surface area contributed by atoms with Crippen LogP contribution in [0.25, 0.3) is 22.6 Å². The molecule has 114 valence electrons. The third-order valence-electron chi connectivity index (χ3n) is 3.55. The van der Waals surface area contributed by atoms with Crippen molar-refractivity contribution in [2.75, 3.05) is 7.11 Å². The van der Waals surface area contributed by atoms with Gasteiger partial charge in [0.2, 0.25) is 5.89 Å². The van der Waals surface area contributed by atoms with Crippen molar-refractivity contribution in [2.24, 2.45) is 0 Å². The van der Waals surface area contributed by atoms with Crippen molar-refractivity contribution in [2.45, 2.75) is 6.54 Å². The van der Waals surface area contributed by atoms with Gasteiger partial charge in [-0.1, -0.05) is 18.2 Å². The Morgan fingerprint density at radius 1 is 1.17 bits per heavy atom. The molecule has 0 bridgehead atoms. The number of ether oxygens (including phenoxy) is 1. The van der Waals surface area contributed by atoms with Gasteiger partial charge in [0.25, 0.3) is 0 Å². The van der Waals surface area contributed by atoms with Gasteiger partial charge in [-0.05, 0) is 34.7 Å². The fraction of sp³-hybridized carbons (Fsp3) is 0.125. The molecule has 4 rings (SSSR count). The number of hydrogen-bond donors (Lipinski definition) is 0. The van der Waals surface area contributed by atoms with Gasteiger partial charge in [-0.2, -0.15) is 0 Å². The molecule has 0 aliphatic heterocycles. The van der Waals surface area contributed by atoms with Crippen molar-refractivity contribution in [3.63, 3.8) is 0 Å². The summed E-state index contributed by atoms with van der Waals surface area (Å²) < 4.78 is 12.9. The second-order valence-electron chi connectivity index (χ2n) is 5.02. The summed E-state index contributed by atoms with van der Waals surface area (Å²) in [7, 11) is 1.63. The monoisotopic (exact) mass is 307 g/mol. The highest BCUT2D eigenvalue weighted by Gasteiger charge is 2.12. The SMILES string of the molecule is COc1cc(-c2nc3ccccc3o2)ccc1Cn1cnnn1. The molecule has 2 heterocycles. The van der Waals surface area contributed by atoms with E-state index in [2.05, 4.69) is 20.5 Å². The van der Waals surface area contributed by atoms with Crippen LogP contribution in [0.4, 0.5) is 0 Å². The summed E-state index contributed by atoms with van der Waals surface area (Å²) in [6.07, 6.45) is 1.56. The molecule has 7 heteroatoms. The standard InChI is InChI=1S/C16H13N5O2/c1-22-15-8-11(6-7-12(15)9-21-10-17-19-20-21)16-18-13-4-2-3-5-14(13)23-16/h2-8,10H,9H2,1H3. The fourth-order valence-corrected chi connectivity index (χ4v) is 2.43. The van der Waals surface area contributed by atoms with Gasteiger partial charge in [0, 0.05) is 11.1 Å². The van der Waals surface area contributed by atoms with Gasteiger partial charge in [-0.25, -0.2) is 9.67 Å². The van der Waals surface area contributed by atoms with Crippen molar-refractivity contribution >= 4 is 11.1 Å². The number of para-hydroxylation sites is 2. The average molecular weight is 307 g/mol. The van der Waals surface area contributed by atoms with E-state index in [1.165, 1.54) is 0 Å². The molecule has 0 atom stereocenters. The Balaban J connectivity index is 1.72. The van der Waals surface area contributed by atoms with Crippen molar-refractivity contribution < 1.29 is 9.15 Å². The Morgan fingerprint density at radius 3 is 2.87 bits per heavy atom. The number of methoxy groups -OCH3 is 1. The Morgan fingerprint density at radius 2 is 2.09 bits per heavy atom. The van der Waals surface area contributed by atoms with Crippen LogP contribution in [0.3, 0.4) is 0 Å². The van der Waals surface area contributed by atoms with Gasteiger partial charge in [0.05, 0.1) is 13.7 Å². The van der Waals surface area contributed by atoms with Crippen molar-refractivity contribution in [1.82, 2.24) is 25.2 Å². The van der Waals surface area contributed by atoms with Crippen LogP contribution >= 0.6 is 0 Å². The zero-order valence-electron chi connectivity index (χ0n) is 12.4. The molecule has 2 aromatic heterocycles. The molecular formula is C16H13N5O2. The third-order valence-corrected chi connectivity index (χ3v) is 3.55. The van der Waals surface area contributed by atoms with Crippen molar-refractivity contribution in [3.05, 3.63) is 54.4 Å². The van der Waals surface area contributed by atoms with Crippen LogP contribution < -0.4 is 4.74 Å². The highest BCUT2D eigenvalue weighted by molar-refractivity contribution is 5.76. The van der Waals surface area contributed by atoms with Crippen molar-refractivity contribution in [3.8, 4) is 17.2 Å². The summed E-state index contributed by atoms with van der Waals surface area (Å²) in [5.41, 5.74) is 3.43. The number of tetrazole rings is 1. The summed E-state index contributed by atoms with van der Waals surface area (Å²) in [5.74, 6) is 1.30. The summed E-state index contributed by atoms with van der Waals surface area (Å²) in [4.78, 5) is 4.50. The van der Waals surface area contributed by atoms with Crippen LogP contribution in [0.1, 0.15) is 5.56 Å². The summed E-state index contributed by atoms with van der Waals surface area (Å²) in [6, 6.07) is 13.5. The highest BCUT2D eigenvalue weighted by Crippen LogP contribution is 2.29. The zero-order chi connectivity index (χ0) is 15.6. The van der Waals surface area contributed by atoms with Gasteiger partial charge >= 0.3 is 0 Å². The minimum absolute atomic E-state index is 0.532. The van der Waals surface area contributed by atoms with E-state index in [1.54, 1.807) is 18.1 Å². The van der Waals surface area contributed by atoms with Crippen LogP contribution in [0.15, 0.2) is 53.2 Å². The van der Waals surface area contributed by atoms with E-state index in [0.717, 1.165) is 28.0 Å². The Hall–Kier alpha value is -3.22. The molecule has 4 aromatic rings. The topological polar surface area (TPSA) is 78.9 Å². The van der Waals surface area contributed by atoms with Crippen LogP contribution in [0, 0.1) is 0 Å². The number of rotatable bonds is 4. The maximum absolute atomic E-state index is 5.80. The lowest BCUT2D eigenvalue weighted by Gasteiger charge is -2.09. The van der Waals surface area contributed by atoms with E-state index in [-0.39, 0.29) is 0 Å². The normalized spacial score (nSPS) is 11.0. The van der Waals surface area contributed by atoms with Gasteiger partial charge in [-0.3, -0.25) is 0 Å². The van der Waals surface area contributed by atoms with E-state index in [1.807, 2.05) is 42.5 Å². The van der Waals surface area contributed by atoms with Crippen LogP contribution in [0.2, 0.25) is 0 Å².